The number of amides is 1. The molecular formula is C23H20N2O3S. The van der Waals surface area contributed by atoms with Crippen LogP contribution in [0.3, 0.4) is 0 Å². The van der Waals surface area contributed by atoms with Crippen LogP contribution in [-0.4, -0.2) is 25.1 Å². The average molecular weight is 404 g/mol. The van der Waals surface area contributed by atoms with E-state index in [0.29, 0.717) is 17.1 Å². The van der Waals surface area contributed by atoms with Crippen LogP contribution in [-0.2, 0) is 0 Å². The summed E-state index contributed by atoms with van der Waals surface area (Å²) < 4.78 is 11.7. The molecule has 1 heterocycles. The third-order valence-electron chi connectivity index (χ3n) is 4.65. The quantitative estimate of drug-likeness (QED) is 0.474. The van der Waals surface area contributed by atoms with Crippen LogP contribution in [0, 0.1) is 6.92 Å². The number of para-hydroxylation sites is 1. The summed E-state index contributed by atoms with van der Waals surface area (Å²) in [6, 6.07) is 19.0. The van der Waals surface area contributed by atoms with Crippen LogP contribution in [0.25, 0.3) is 20.8 Å². The zero-order chi connectivity index (χ0) is 20.4. The van der Waals surface area contributed by atoms with E-state index < -0.39 is 0 Å². The van der Waals surface area contributed by atoms with Gasteiger partial charge in [0.2, 0.25) is 0 Å². The molecular weight excluding hydrogens is 384 g/mol. The van der Waals surface area contributed by atoms with Gasteiger partial charge in [-0.25, -0.2) is 4.98 Å². The topological polar surface area (TPSA) is 60.5 Å². The van der Waals surface area contributed by atoms with Crippen LogP contribution >= 0.6 is 11.3 Å². The molecule has 3 aromatic carbocycles. The van der Waals surface area contributed by atoms with Gasteiger partial charge in [-0.3, -0.25) is 4.79 Å². The summed E-state index contributed by atoms with van der Waals surface area (Å²) in [5, 5.41) is 3.91. The fraction of sp³-hybridized carbons (Fsp3) is 0.130. The van der Waals surface area contributed by atoms with Crippen molar-refractivity contribution in [2.24, 2.45) is 0 Å². The molecule has 4 aromatic rings. The van der Waals surface area contributed by atoms with E-state index in [1.807, 2.05) is 43.3 Å². The smallest absolute Gasteiger partial charge is 0.255 e. The first kappa shape index (κ1) is 19.0. The van der Waals surface area contributed by atoms with Crippen LogP contribution < -0.4 is 14.8 Å². The van der Waals surface area contributed by atoms with Crippen molar-refractivity contribution in [1.29, 1.82) is 0 Å². The molecule has 0 radical (unpaired) electrons. The lowest BCUT2D eigenvalue weighted by molar-refractivity contribution is 0.102. The number of fused-ring (bicyclic) bond motifs is 1. The van der Waals surface area contributed by atoms with Crippen molar-refractivity contribution in [2.75, 3.05) is 19.5 Å². The number of anilines is 1. The second-order valence-corrected chi connectivity index (χ2v) is 7.57. The number of methoxy groups -OCH3 is 2. The van der Waals surface area contributed by atoms with Crippen molar-refractivity contribution in [3.05, 3.63) is 71.8 Å². The highest BCUT2D eigenvalue weighted by molar-refractivity contribution is 7.21. The standard InChI is InChI=1S/C23H20N2O3S/c1-14-12-16(24-22(26)15-8-11-19(27-2)20(13-15)28-3)9-10-17(14)23-25-18-6-4-5-7-21(18)29-23/h4-13H,1-3H3,(H,24,26). The molecule has 1 aromatic heterocycles. The molecule has 0 saturated heterocycles. The number of ether oxygens (including phenoxy) is 2. The van der Waals surface area contributed by atoms with Crippen molar-refractivity contribution in [3.8, 4) is 22.1 Å². The Morgan fingerprint density at radius 3 is 2.48 bits per heavy atom. The number of aromatic nitrogens is 1. The van der Waals surface area contributed by atoms with Gasteiger partial charge in [0.1, 0.15) is 5.01 Å². The zero-order valence-electron chi connectivity index (χ0n) is 16.4. The SMILES string of the molecule is COc1ccc(C(=O)Nc2ccc(-c3nc4ccccc4s3)c(C)c2)cc1OC. The summed E-state index contributed by atoms with van der Waals surface area (Å²) in [5.74, 6) is 0.890. The normalized spacial score (nSPS) is 10.7. The highest BCUT2D eigenvalue weighted by Gasteiger charge is 2.13. The van der Waals surface area contributed by atoms with Crippen molar-refractivity contribution >= 4 is 33.1 Å². The minimum absolute atomic E-state index is 0.210. The Hall–Kier alpha value is -3.38. The number of benzene rings is 3. The average Bonchev–Trinajstić information content (AvgIpc) is 3.17. The maximum atomic E-state index is 12.6. The molecule has 6 heteroatoms. The molecule has 0 unspecified atom stereocenters. The van der Waals surface area contributed by atoms with E-state index >= 15 is 0 Å². The largest absolute Gasteiger partial charge is 0.493 e. The molecule has 1 N–H and O–H groups in total. The number of carbonyl (C=O) groups is 1. The van der Waals surface area contributed by atoms with Crippen LogP contribution in [0.15, 0.2) is 60.7 Å². The molecule has 29 heavy (non-hydrogen) atoms. The zero-order valence-corrected chi connectivity index (χ0v) is 17.2. The summed E-state index contributed by atoms with van der Waals surface area (Å²) in [7, 11) is 3.11. The van der Waals surface area contributed by atoms with Crippen molar-refractivity contribution < 1.29 is 14.3 Å². The summed E-state index contributed by atoms with van der Waals surface area (Å²) >= 11 is 1.66. The van der Waals surface area contributed by atoms with Gasteiger partial charge in [-0.15, -0.1) is 11.3 Å². The first-order chi connectivity index (χ1) is 14.1. The van der Waals surface area contributed by atoms with Gasteiger partial charge < -0.3 is 14.8 Å². The Morgan fingerprint density at radius 2 is 1.76 bits per heavy atom. The summed E-state index contributed by atoms with van der Waals surface area (Å²) in [4.78, 5) is 17.4. The van der Waals surface area contributed by atoms with Crippen LogP contribution in [0.2, 0.25) is 0 Å². The second kappa shape index (κ2) is 7.93. The second-order valence-electron chi connectivity index (χ2n) is 6.54. The molecule has 0 aliphatic carbocycles. The van der Waals surface area contributed by atoms with E-state index in [-0.39, 0.29) is 5.91 Å². The Bertz CT molecular complexity index is 1170. The number of rotatable bonds is 5. The first-order valence-corrected chi connectivity index (χ1v) is 9.90. The molecule has 1 amide bonds. The van der Waals surface area contributed by atoms with Crippen LogP contribution in [0.1, 0.15) is 15.9 Å². The lowest BCUT2D eigenvalue weighted by Crippen LogP contribution is -2.12. The fourth-order valence-corrected chi connectivity index (χ4v) is 4.21. The lowest BCUT2D eigenvalue weighted by atomic mass is 10.1. The van der Waals surface area contributed by atoms with Gasteiger partial charge >= 0.3 is 0 Å². The number of hydrogen-bond acceptors (Lipinski definition) is 5. The number of nitrogens with zero attached hydrogens (tertiary/aromatic N) is 1. The van der Waals surface area contributed by atoms with Crippen LogP contribution in [0.5, 0.6) is 11.5 Å². The molecule has 0 saturated carbocycles. The van der Waals surface area contributed by atoms with Gasteiger partial charge in [0.25, 0.3) is 5.91 Å². The van der Waals surface area contributed by atoms with Crippen molar-refractivity contribution in [3.63, 3.8) is 0 Å². The van der Waals surface area contributed by atoms with Crippen molar-refractivity contribution in [1.82, 2.24) is 4.98 Å². The van der Waals surface area contributed by atoms with Crippen LogP contribution in [0.4, 0.5) is 5.69 Å². The van der Waals surface area contributed by atoms with E-state index in [4.69, 9.17) is 14.5 Å². The highest BCUT2D eigenvalue weighted by atomic mass is 32.1. The number of aryl methyl sites for hydroxylation is 1. The number of thiazole rings is 1. The minimum Gasteiger partial charge on any atom is -0.493 e. The van der Waals surface area contributed by atoms with Gasteiger partial charge in [-0.2, -0.15) is 0 Å². The first-order valence-electron chi connectivity index (χ1n) is 9.09. The summed E-state index contributed by atoms with van der Waals surface area (Å²) in [6.45, 7) is 2.02. The molecule has 0 bridgehead atoms. The van der Waals surface area contributed by atoms with E-state index in [1.54, 1.807) is 43.8 Å². The summed E-state index contributed by atoms with van der Waals surface area (Å²) in [5.41, 5.74) is 4.34. The number of hydrogen-bond donors (Lipinski definition) is 1. The predicted octanol–water partition coefficient (Wildman–Crippen LogP) is 5.54. The monoisotopic (exact) mass is 404 g/mol. The van der Waals surface area contributed by atoms with Gasteiger partial charge in [0, 0.05) is 16.8 Å². The molecule has 5 nitrogen and oxygen atoms in total. The Balaban J connectivity index is 1.57. The lowest BCUT2D eigenvalue weighted by Gasteiger charge is -2.11. The van der Waals surface area contributed by atoms with E-state index in [9.17, 15) is 4.79 Å². The molecule has 0 aliphatic rings. The summed E-state index contributed by atoms with van der Waals surface area (Å²) in [6.07, 6.45) is 0. The Labute approximate surface area is 172 Å². The third kappa shape index (κ3) is 3.79. The van der Waals surface area contributed by atoms with Crippen molar-refractivity contribution in [2.45, 2.75) is 6.92 Å². The van der Waals surface area contributed by atoms with E-state index in [1.165, 1.54) is 0 Å². The van der Waals surface area contributed by atoms with E-state index in [2.05, 4.69) is 11.4 Å². The molecule has 0 spiro atoms. The maximum absolute atomic E-state index is 12.6. The third-order valence-corrected chi connectivity index (χ3v) is 5.72. The number of nitrogens with one attached hydrogen (secondary N) is 1. The highest BCUT2D eigenvalue weighted by Crippen LogP contribution is 2.33. The predicted molar refractivity (Wildman–Crippen MR) is 117 cm³/mol. The number of carbonyl (C=O) groups excluding carboxylic acids is 1. The molecule has 0 fully saturated rings. The minimum atomic E-state index is -0.210. The van der Waals surface area contributed by atoms with Gasteiger partial charge in [-0.05, 0) is 61.0 Å². The molecule has 4 rings (SSSR count). The maximum Gasteiger partial charge on any atom is 0.255 e. The van der Waals surface area contributed by atoms with E-state index in [0.717, 1.165) is 32.0 Å². The molecule has 146 valence electrons. The Morgan fingerprint density at radius 1 is 0.966 bits per heavy atom. The molecule has 0 aliphatic heterocycles. The van der Waals surface area contributed by atoms with Gasteiger partial charge in [0.05, 0.1) is 24.4 Å². The molecule has 0 atom stereocenters. The Kier molecular flexibility index (Phi) is 5.18. The van der Waals surface area contributed by atoms with Gasteiger partial charge in [0.15, 0.2) is 11.5 Å². The fourth-order valence-electron chi connectivity index (χ4n) is 3.15. The van der Waals surface area contributed by atoms with Gasteiger partial charge in [-0.1, -0.05) is 12.1 Å².